The average Bonchev–Trinajstić information content (AvgIpc) is 2.47. The van der Waals surface area contributed by atoms with E-state index in [9.17, 15) is 17.2 Å². The van der Waals surface area contributed by atoms with Crippen molar-refractivity contribution in [1.82, 2.24) is 5.32 Å². The lowest BCUT2D eigenvalue weighted by Gasteiger charge is -2.16. The number of nitrogens with one attached hydrogen (secondary N) is 1. The van der Waals surface area contributed by atoms with Crippen LogP contribution in [0.1, 0.15) is 24.9 Å². The molecule has 1 aliphatic heterocycles. The van der Waals surface area contributed by atoms with E-state index in [1.165, 1.54) is 0 Å². The van der Waals surface area contributed by atoms with Crippen LogP contribution in [0, 0.1) is 11.6 Å². The molecule has 2 atom stereocenters. The lowest BCUT2D eigenvalue weighted by molar-refractivity contribution is 0.496. The molecule has 0 bridgehead atoms. The summed E-state index contributed by atoms with van der Waals surface area (Å²) in [6.45, 7) is 1.74. The van der Waals surface area contributed by atoms with Crippen LogP contribution in [0.15, 0.2) is 17.0 Å². The predicted molar refractivity (Wildman–Crippen MR) is 59.4 cm³/mol. The van der Waals surface area contributed by atoms with Gasteiger partial charge in [0.15, 0.2) is 21.5 Å². The number of hydrogen-bond donors (Lipinski definition) is 1. The van der Waals surface area contributed by atoms with Crippen LogP contribution >= 0.6 is 0 Å². The Morgan fingerprint density at radius 2 is 1.88 bits per heavy atom. The second-order valence-electron chi connectivity index (χ2n) is 4.06. The smallest absolute Gasteiger partial charge is 0.183 e. The monoisotopic (exact) mass is 261 g/mol. The highest BCUT2D eigenvalue weighted by molar-refractivity contribution is 7.92. The Bertz CT molecular complexity index is 557. The van der Waals surface area contributed by atoms with Gasteiger partial charge in [0.1, 0.15) is 0 Å². The minimum absolute atomic E-state index is 0.0948. The Kier molecular flexibility index (Phi) is 2.95. The number of fused-ring (bicyclic) bond motifs is 1. The molecule has 1 heterocycles. The van der Waals surface area contributed by atoms with E-state index in [1.807, 2.05) is 0 Å². The molecular formula is C11H13F2NO2S. The van der Waals surface area contributed by atoms with E-state index < -0.39 is 32.8 Å². The minimum Gasteiger partial charge on any atom is -0.312 e. The van der Waals surface area contributed by atoms with E-state index in [-0.39, 0.29) is 4.90 Å². The van der Waals surface area contributed by atoms with Crippen LogP contribution in [0.4, 0.5) is 8.78 Å². The van der Waals surface area contributed by atoms with Crippen molar-refractivity contribution in [3.05, 3.63) is 29.3 Å². The van der Waals surface area contributed by atoms with E-state index in [1.54, 1.807) is 14.0 Å². The highest BCUT2D eigenvalue weighted by Gasteiger charge is 2.43. The third kappa shape index (κ3) is 1.66. The Morgan fingerprint density at radius 3 is 2.41 bits per heavy atom. The molecule has 3 nitrogen and oxygen atoms in total. The summed E-state index contributed by atoms with van der Waals surface area (Å²) in [6.07, 6.45) is 0.395. The second-order valence-corrected chi connectivity index (χ2v) is 6.20. The normalized spacial score (nSPS) is 25.9. The molecule has 0 saturated heterocycles. The summed E-state index contributed by atoms with van der Waals surface area (Å²) in [5, 5.41) is 2.19. The average molecular weight is 261 g/mol. The highest BCUT2D eigenvalue weighted by atomic mass is 32.2. The van der Waals surface area contributed by atoms with E-state index in [0.29, 0.717) is 12.0 Å². The van der Waals surface area contributed by atoms with Gasteiger partial charge in [0.05, 0.1) is 16.2 Å². The molecular weight excluding hydrogens is 248 g/mol. The molecule has 94 valence electrons. The summed E-state index contributed by atoms with van der Waals surface area (Å²) < 4.78 is 50.5. The first-order chi connectivity index (χ1) is 7.93. The number of benzene rings is 1. The maximum atomic E-state index is 13.2. The zero-order chi connectivity index (χ0) is 12.8. The minimum atomic E-state index is -3.57. The SMILES string of the molecule is CCC1C(NC)c2cc(F)c(F)cc2S1(=O)=O. The predicted octanol–water partition coefficient (Wildman–Crippen LogP) is 1.79. The van der Waals surface area contributed by atoms with Crippen LogP contribution in [0.5, 0.6) is 0 Å². The van der Waals surface area contributed by atoms with Crippen LogP contribution in [-0.2, 0) is 9.84 Å². The number of rotatable bonds is 2. The molecule has 2 rings (SSSR count). The third-order valence-electron chi connectivity index (χ3n) is 3.18. The summed E-state index contributed by atoms with van der Waals surface area (Å²) in [4.78, 5) is -0.0948. The van der Waals surface area contributed by atoms with Gasteiger partial charge in [0, 0.05) is 0 Å². The molecule has 2 unspecified atom stereocenters. The van der Waals surface area contributed by atoms with Gasteiger partial charge in [-0.05, 0) is 31.2 Å². The van der Waals surface area contributed by atoms with Gasteiger partial charge in [-0.1, -0.05) is 6.92 Å². The summed E-state index contributed by atoms with van der Waals surface area (Å²) >= 11 is 0. The van der Waals surface area contributed by atoms with Crippen molar-refractivity contribution in [2.45, 2.75) is 29.5 Å². The zero-order valence-corrected chi connectivity index (χ0v) is 10.3. The van der Waals surface area contributed by atoms with Gasteiger partial charge >= 0.3 is 0 Å². The van der Waals surface area contributed by atoms with Crippen molar-refractivity contribution in [2.75, 3.05) is 7.05 Å². The number of sulfone groups is 1. The Hall–Kier alpha value is -1.01. The van der Waals surface area contributed by atoms with Gasteiger partial charge in [-0.25, -0.2) is 17.2 Å². The fourth-order valence-electron chi connectivity index (χ4n) is 2.37. The molecule has 1 aromatic carbocycles. The van der Waals surface area contributed by atoms with E-state index in [2.05, 4.69) is 5.32 Å². The molecule has 0 spiro atoms. The number of halogens is 2. The Balaban J connectivity index is 2.72. The van der Waals surface area contributed by atoms with Crippen LogP contribution in [-0.4, -0.2) is 20.7 Å². The quantitative estimate of drug-likeness (QED) is 0.826. The molecule has 17 heavy (non-hydrogen) atoms. The van der Waals surface area contributed by atoms with Crippen LogP contribution in [0.2, 0.25) is 0 Å². The fraction of sp³-hybridized carbons (Fsp3) is 0.455. The molecule has 6 heteroatoms. The van der Waals surface area contributed by atoms with Gasteiger partial charge < -0.3 is 5.32 Å². The van der Waals surface area contributed by atoms with Gasteiger partial charge in [-0.2, -0.15) is 0 Å². The van der Waals surface area contributed by atoms with Crippen LogP contribution < -0.4 is 5.32 Å². The molecule has 0 aliphatic carbocycles. The molecule has 1 aliphatic rings. The van der Waals surface area contributed by atoms with Crippen molar-refractivity contribution in [3.8, 4) is 0 Å². The molecule has 1 aromatic rings. The molecule has 0 saturated carbocycles. The van der Waals surface area contributed by atoms with E-state index >= 15 is 0 Å². The van der Waals surface area contributed by atoms with Crippen molar-refractivity contribution in [3.63, 3.8) is 0 Å². The van der Waals surface area contributed by atoms with Crippen molar-refractivity contribution in [2.24, 2.45) is 0 Å². The van der Waals surface area contributed by atoms with Gasteiger partial charge in [-0.15, -0.1) is 0 Å². The van der Waals surface area contributed by atoms with Crippen LogP contribution in [0.25, 0.3) is 0 Å². The molecule has 0 fully saturated rings. The maximum Gasteiger partial charge on any atom is 0.183 e. The summed E-state index contributed by atoms with van der Waals surface area (Å²) in [5.74, 6) is -2.14. The van der Waals surface area contributed by atoms with Crippen molar-refractivity contribution in [1.29, 1.82) is 0 Å². The molecule has 0 radical (unpaired) electrons. The lowest BCUT2D eigenvalue weighted by atomic mass is 10.0. The first kappa shape index (κ1) is 12.4. The molecule has 1 N–H and O–H groups in total. The Morgan fingerprint density at radius 1 is 1.29 bits per heavy atom. The summed E-state index contributed by atoms with van der Waals surface area (Å²) in [5.41, 5.74) is 0.318. The van der Waals surface area contributed by atoms with E-state index in [0.717, 1.165) is 12.1 Å². The van der Waals surface area contributed by atoms with Crippen molar-refractivity contribution < 1.29 is 17.2 Å². The third-order valence-corrected chi connectivity index (χ3v) is 5.55. The highest BCUT2D eigenvalue weighted by Crippen LogP contribution is 2.41. The Labute approximate surface area is 98.8 Å². The first-order valence-corrected chi connectivity index (χ1v) is 6.88. The fourth-order valence-corrected chi connectivity index (χ4v) is 4.56. The summed E-state index contributed by atoms with van der Waals surface area (Å²) in [6, 6.07) is 1.27. The molecule has 0 amide bonds. The van der Waals surface area contributed by atoms with E-state index in [4.69, 9.17) is 0 Å². The maximum absolute atomic E-state index is 13.2. The zero-order valence-electron chi connectivity index (χ0n) is 9.50. The standard InChI is InChI=1S/C11H13F2NO2S/c1-3-9-11(14-2)6-4-7(12)8(13)5-10(6)17(9,15)16/h4-5,9,11,14H,3H2,1-2H3. The molecule has 0 aromatic heterocycles. The van der Waals surface area contributed by atoms with Crippen LogP contribution in [0.3, 0.4) is 0 Å². The van der Waals surface area contributed by atoms with Gasteiger partial charge in [0.25, 0.3) is 0 Å². The topological polar surface area (TPSA) is 46.2 Å². The van der Waals surface area contributed by atoms with Crippen molar-refractivity contribution >= 4 is 9.84 Å². The number of hydrogen-bond acceptors (Lipinski definition) is 3. The summed E-state index contributed by atoms with van der Waals surface area (Å²) in [7, 11) is -1.96. The second kappa shape index (κ2) is 4.03. The largest absolute Gasteiger partial charge is 0.312 e. The van der Waals surface area contributed by atoms with Gasteiger partial charge in [0.2, 0.25) is 0 Å². The lowest BCUT2D eigenvalue weighted by Crippen LogP contribution is -2.28. The first-order valence-electron chi connectivity index (χ1n) is 5.33. The van der Waals surface area contributed by atoms with Gasteiger partial charge in [-0.3, -0.25) is 0 Å².